The van der Waals surface area contributed by atoms with E-state index < -0.39 is 17.2 Å². The summed E-state index contributed by atoms with van der Waals surface area (Å²) in [4.78, 5) is 40.1. The van der Waals surface area contributed by atoms with Crippen molar-refractivity contribution in [3.63, 3.8) is 0 Å². The number of rotatable bonds is 3. The monoisotopic (exact) mass is 291 g/mol. The molecule has 0 aliphatic rings. The van der Waals surface area contributed by atoms with Crippen molar-refractivity contribution in [2.45, 2.75) is 27.3 Å². The first-order valence-electron chi connectivity index (χ1n) is 6.58. The van der Waals surface area contributed by atoms with Crippen molar-refractivity contribution in [3.05, 3.63) is 38.2 Å². The van der Waals surface area contributed by atoms with E-state index in [4.69, 9.17) is 0 Å². The SMILES string of the molecule is Cc1cc(C(=O)O)c2c(=O)n(C)c(=O)n(CC(C)C)c2n1. The van der Waals surface area contributed by atoms with Crippen molar-refractivity contribution in [2.24, 2.45) is 13.0 Å². The highest BCUT2D eigenvalue weighted by atomic mass is 16.4. The molecule has 7 heteroatoms. The van der Waals surface area contributed by atoms with Crippen molar-refractivity contribution >= 4 is 17.0 Å². The van der Waals surface area contributed by atoms with Crippen LogP contribution >= 0.6 is 0 Å². The average Bonchev–Trinajstić information content (AvgIpc) is 2.39. The van der Waals surface area contributed by atoms with Crippen LogP contribution in [0.5, 0.6) is 0 Å². The minimum atomic E-state index is -1.21. The van der Waals surface area contributed by atoms with E-state index in [9.17, 15) is 19.5 Å². The van der Waals surface area contributed by atoms with Gasteiger partial charge in [-0.15, -0.1) is 0 Å². The highest BCUT2D eigenvalue weighted by Crippen LogP contribution is 2.15. The van der Waals surface area contributed by atoms with E-state index >= 15 is 0 Å². The second kappa shape index (κ2) is 5.16. The smallest absolute Gasteiger partial charge is 0.336 e. The molecular weight excluding hydrogens is 274 g/mol. The summed E-state index contributed by atoms with van der Waals surface area (Å²) in [6.45, 7) is 5.85. The topological polar surface area (TPSA) is 94.2 Å². The molecule has 2 rings (SSSR count). The van der Waals surface area contributed by atoms with Gasteiger partial charge in [-0.1, -0.05) is 13.8 Å². The molecular formula is C14H17N3O4. The first-order chi connectivity index (χ1) is 9.73. The molecule has 21 heavy (non-hydrogen) atoms. The van der Waals surface area contributed by atoms with Gasteiger partial charge in [-0.05, 0) is 18.9 Å². The molecule has 1 N–H and O–H groups in total. The van der Waals surface area contributed by atoms with Crippen LogP contribution in [0, 0.1) is 12.8 Å². The van der Waals surface area contributed by atoms with Gasteiger partial charge >= 0.3 is 11.7 Å². The van der Waals surface area contributed by atoms with E-state index in [-0.39, 0.29) is 22.5 Å². The van der Waals surface area contributed by atoms with Crippen molar-refractivity contribution in [1.29, 1.82) is 0 Å². The summed E-state index contributed by atoms with van der Waals surface area (Å²) in [7, 11) is 1.34. The van der Waals surface area contributed by atoms with Gasteiger partial charge in [0.2, 0.25) is 0 Å². The van der Waals surface area contributed by atoms with Crippen LogP contribution in [-0.2, 0) is 13.6 Å². The van der Waals surface area contributed by atoms with Crippen molar-refractivity contribution in [3.8, 4) is 0 Å². The maximum Gasteiger partial charge on any atom is 0.336 e. The molecule has 0 saturated carbocycles. The summed E-state index contributed by atoms with van der Waals surface area (Å²) in [5.74, 6) is -1.06. The molecule has 0 atom stereocenters. The zero-order chi connectivity index (χ0) is 15.9. The summed E-state index contributed by atoms with van der Waals surface area (Å²) >= 11 is 0. The highest BCUT2D eigenvalue weighted by Gasteiger charge is 2.20. The Bertz CT molecular complexity index is 846. The molecule has 0 saturated heterocycles. The van der Waals surface area contributed by atoms with E-state index in [1.54, 1.807) is 6.92 Å². The molecule has 0 radical (unpaired) electrons. The number of hydrogen-bond acceptors (Lipinski definition) is 4. The zero-order valence-corrected chi connectivity index (χ0v) is 12.4. The van der Waals surface area contributed by atoms with Crippen molar-refractivity contribution in [1.82, 2.24) is 14.1 Å². The first-order valence-corrected chi connectivity index (χ1v) is 6.58. The van der Waals surface area contributed by atoms with Gasteiger partial charge in [-0.2, -0.15) is 0 Å². The second-order valence-electron chi connectivity index (χ2n) is 5.47. The lowest BCUT2D eigenvalue weighted by Crippen LogP contribution is -2.40. The molecule has 0 aromatic carbocycles. The Labute approximate surface area is 120 Å². The Hall–Kier alpha value is -2.44. The van der Waals surface area contributed by atoms with E-state index in [0.29, 0.717) is 12.2 Å². The molecule has 0 spiro atoms. The van der Waals surface area contributed by atoms with Crippen molar-refractivity contribution in [2.75, 3.05) is 0 Å². The molecule has 0 aliphatic heterocycles. The van der Waals surface area contributed by atoms with Crippen LogP contribution in [0.3, 0.4) is 0 Å². The molecule has 0 fully saturated rings. The Morgan fingerprint density at radius 2 is 2.00 bits per heavy atom. The normalized spacial score (nSPS) is 11.3. The van der Waals surface area contributed by atoms with Crippen LogP contribution in [0.1, 0.15) is 29.9 Å². The van der Waals surface area contributed by atoms with Crippen molar-refractivity contribution < 1.29 is 9.90 Å². The zero-order valence-electron chi connectivity index (χ0n) is 12.4. The van der Waals surface area contributed by atoms with Gasteiger partial charge in [-0.25, -0.2) is 14.6 Å². The van der Waals surface area contributed by atoms with Gasteiger partial charge in [0.25, 0.3) is 5.56 Å². The van der Waals surface area contributed by atoms with Gasteiger partial charge in [0.1, 0.15) is 0 Å². The predicted octanol–water partition coefficient (Wildman–Crippen LogP) is 0.758. The van der Waals surface area contributed by atoms with Gasteiger partial charge in [0.15, 0.2) is 5.65 Å². The van der Waals surface area contributed by atoms with Crippen LogP contribution in [0.15, 0.2) is 15.7 Å². The van der Waals surface area contributed by atoms with Crippen LogP contribution in [0.25, 0.3) is 11.0 Å². The molecule has 112 valence electrons. The molecule has 2 aromatic heterocycles. The minimum Gasteiger partial charge on any atom is -0.478 e. The van der Waals surface area contributed by atoms with E-state index in [1.165, 1.54) is 17.7 Å². The number of aryl methyl sites for hydroxylation is 1. The number of carboxylic acid groups (broad SMARTS) is 1. The summed E-state index contributed by atoms with van der Waals surface area (Å²) in [5.41, 5.74) is -0.676. The lowest BCUT2D eigenvalue weighted by atomic mass is 10.1. The van der Waals surface area contributed by atoms with Gasteiger partial charge < -0.3 is 5.11 Å². The summed E-state index contributed by atoms with van der Waals surface area (Å²) < 4.78 is 2.29. The van der Waals surface area contributed by atoms with Gasteiger partial charge in [0.05, 0.1) is 10.9 Å². The average molecular weight is 291 g/mol. The number of aromatic carboxylic acids is 1. The Balaban J connectivity index is 3.08. The van der Waals surface area contributed by atoms with Crippen LogP contribution < -0.4 is 11.2 Å². The number of nitrogens with zero attached hydrogens (tertiary/aromatic N) is 3. The van der Waals surface area contributed by atoms with Gasteiger partial charge in [-0.3, -0.25) is 13.9 Å². The van der Waals surface area contributed by atoms with Gasteiger partial charge in [0, 0.05) is 19.3 Å². The molecule has 2 heterocycles. The molecule has 0 amide bonds. The lowest BCUT2D eigenvalue weighted by molar-refractivity contribution is 0.0698. The molecule has 0 unspecified atom stereocenters. The fourth-order valence-electron chi connectivity index (χ4n) is 2.29. The fourth-order valence-corrected chi connectivity index (χ4v) is 2.29. The Morgan fingerprint density at radius 1 is 1.38 bits per heavy atom. The second-order valence-corrected chi connectivity index (χ2v) is 5.47. The minimum absolute atomic E-state index is 0.0316. The first kappa shape index (κ1) is 15.0. The van der Waals surface area contributed by atoms with E-state index in [1.807, 2.05) is 13.8 Å². The molecule has 0 bridgehead atoms. The summed E-state index contributed by atoms with van der Waals surface area (Å²) in [5, 5.41) is 9.27. The quantitative estimate of drug-likeness (QED) is 0.901. The van der Waals surface area contributed by atoms with E-state index in [0.717, 1.165) is 4.57 Å². The highest BCUT2D eigenvalue weighted by molar-refractivity contribution is 6.01. The number of hydrogen-bond donors (Lipinski definition) is 1. The summed E-state index contributed by atoms with van der Waals surface area (Å²) in [6, 6.07) is 1.34. The lowest BCUT2D eigenvalue weighted by Gasteiger charge is -2.14. The number of carboxylic acids is 1. The maximum absolute atomic E-state index is 12.3. The third-order valence-corrected chi connectivity index (χ3v) is 3.20. The molecule has 2 aromatic rings. The van der Waals surface area contributed by atoms with Crippen LogP contribution in [0.4, 0.5) is 0 Å². The van der Waals surface area contributed by atoms with Crippen LogP contribution in [-0.4, -0.2) is 25.2 Å². The molecule has 7 nitrogen and oxygen atoms in total. The van der Waals surface area contributed by atoms with Crippen LogP contribution in [0.2, 0.25) is 0 Å². The number of fused-ring (bicyclic) bond motifs is 1. The predicted molar refractivity (Wildman–Crippen MR) is 77.8 cm³/mol. The third-order valence-electron chi connectivity index (χ3n) is 3.20. The Morgan fingerprint density at radius 3 is 2.52 bits per heavy atom. The third kappa shape index (κ3) is 2.46. The molecule has 0 aliphatic carbocycles. The number of pyridine rings is 1. The Kier molecular flexibility index (Phi) is 3.67. The standard InChI is InChI=1S/C14H17N3O4/c1-7(2)6-17-11-10(12(18)16(4)14(17)21)9(13(19)20)5-8(3)15-11/h5,7H,6H2,1-4H3,(H,19,20). The number of aromatic nitrogens is 3. The van der Waals surface area contributed by atoms with E-state index in [2.05, 4.69) is 4.98 Å². The fraction of sp³-hybridized carbons (Fsp3) is 0.429. The maximum atomic E-state index is 12.3. The summed E-state index contributed by atoms with van der Waals surface area (Å²) in [6.07, 6.45) is 0. The number of carbonyl (C=O) groups is 1. The largest absolute Gasteiger partial charge is 0.478 e.